The molecule has 5 rings (SSSR count). The number of ether oxygens (including phenoxy) is 4. The van der Waals surface area contributed by atoms with Gasteiger partial charge in [-0.3, -0.25) is 9.36 Å². The van der Waals surface area contributed by atoms with Crippen molar-refractivity contribution in [3.63, 3.8) is 0 Å². The highest BCUT2D eigenvalue weighted by Gasteiger charge is 2.33. The van der Waals surface area contributed by atoms with Gasteiger partial charge in [-0.05, 0) is 56.2 Å². The first-order chi connectivity index (χ1) is 17.4. The zero-order chi connectivity index (χ0) is 25.4. The van der Waals surface area contributed by atoms with Crippen molar-refractivity contribution in [2.45, 2.75) is 26.8 Å². The molecular formula is C26H23ClN2O6S. The van der Waals surface area contributed by atoms with Crippen LogP contribution in [0.4, 0.5) is 0 Å². The summed E-state index contributed by atoms with van der Waals surface area (Å²) in [7, 11) is 0. The van der Waals surface area contributed by atoms with E-state index in [1.54, 1.807) is 32.1 Å². The predicted molar refractivity (Wildman–Crippen MR) is 136 cm³/mol. The molecule has 8 nitrogen and oxygen atoms in total. The highest BCUT2D eigenvalue weighted by molar-refractivity contribution is 7.07. The number of allylic oxidation sites excluding steroid dienone is 1. The van der Waals surface area contributed by atoms with Crippen molar-refractivity contribution in [2.24, 2.45) is 4.99 Å². The Morgan fingerprint density at radius 2 is 1.92 bits per heavy atom. The monoisotopic (exact) mass is 526 g/mol. The van der Waals surface area contributed by atoms with Gasteiger partial charge in [0, 0.05) is 6.07 Å². The van der Waals surface area contributed by atoms with Crippen molar-refractivity contribution in [1.29, 1.82) is 0 Å². The van der Waals surface area contributed by atoms with Gasteiger partial charge in [-0.1, -0.05) is 35.1 Å². The zero-order valence-corrected chi connectivity index (χ0v) is 21.4. The molecule has 2 aromatic carbocycles. The molecule has 10 heteroatoms. The lowest BCUT2D eigenvalue weighted by molar-refractivity contribution is -0.139. The lowest BCUT2D eigenvalue weighted by Gasteiger charge is -2.24. The van der Waals surface area contributed by atoms with Crippen LogP contribution in [-0.4, -0.2) is 30.5 Å². The third-order valence-corrected chi connectivity index (χ3v) is 7.11. The van der Waals surface area contributed by atoms with Gasteiger partial charge in [0.25, 0.3) is 5.56 Å². The van der Waals surface area contributed by atoms with Gasteiger partial charge in [-0.25, -0.2) is 9.79 Å². The summed E-state index contributed by atoms with van der Waals surface area (Å²) in [5.74, 6) is 1.31. The Morgan fingerprint density at radius 1 is 1.19 bits per heavy atom. The van der Waals surface area contributed by atoms with E-state index in [0.29, 0.717) is 55.0 Å². The molecule has 0 radical (unpaired) electrons. The number of hydrogen-bond donors (Lipinski definition) is 0. The maximum atomic E-state index is 13.7. The Morgan fingerprint density at radius 3 is 2.61 bits per heavy atom. The minimum Gasteiger partial charge on any atom is -0.494 e. The van der Waals surface area contributed by atoms with Crippen LogP contribution < -0.4 is 29.1 Å². The van der Waals surface area contributed by atoms with Gasteiger partial charge in [-0.15, -0.1) is 0 Å². The summed E-state index contributed by atoms with van der Waals surface area (Å²) in [5.41, 5.74) is 1.89. The highest BCUT2D eigenvalue weighted by atomic mass is 35.5. The second-order valence-corrected chi connectivity index (χ2v) is 9.45. The average Bonchev–Trinajstić information content (AvgIpc) is 3.43. The smallest absolute Gasteiger partial charge is 0.338 e. The molecule has 0 amide bonds. The molecule has 0 spiro atoms. The fourth-order valence-electron chi connectivity index (χ4n) is 4.20. The number of halogens is 1. The number of thiazole rings is 1. The largest absolute Gasteiger partial charge is 0.494 e. The van der Waals surface area contributed by atoms with Crippen LogP contribution in [0.3, 0.4) is 0 Å². The fourth-order valence-corrected chi connectivity index (χ4v) is 5.45. The standard InChI is InChI=1S/C26H23ClN2O6S/c1-4-32-17-8-6-15(7-9-17)23-22(25(31)33-5-2)14(3)28-26-29(23)24(30)21(36-26)11-16-10-19-20(12-18(16)27)35-13-34-19/h6-12,23H,4-5,13H2,1-3H3. The van der Waals surface area contributed by atoms with Gasteiger partial charge in [0.15, 0.2) is 16.3 Å². The molecule has 1 aromatic heterocycles. The number of esters is 1. The summed E-state index contributed by atoms with van der Waals surface area (Å²) in [4.78, 5) is 31.8. The molecule has 186 valence electrons. The van der Waals surface area contributed by atoms with Crippen LogP contribution in [-0.2, 0) is 9.53 Å². The van der Waals surface area contributed by atoms with Gasteiger partial charge >= 0.3 is 5.97 Å². The minimum atomic E-state index is -0.703. The fraction of sp³-hybridized carbons (Fsp3) is 0.269. The Hall–Kier alpha value is -3.56. The van der Waals surface area contributed by atoms with Crippen molar-refractivity contribution in [1.82, 2.24) is 4.57 Å². The second kappa shape index (κ2) is 9.83. The summed E-state index contributed by atoms with van der Waals surface area (Å²) < 4.78 is 23.7. The molecule has 0 bridgehead atoms. The molecule has 0 aliphatic carbocycles. The van der Waals surface area contributed by atoms with Crippen LogP contribution in [0.5, 0.6) is 17.2 Å². The maximum Gasteiger partial charge on any atom is 0.338 e. The van der Waals surface area contributed by atoms with Crippen LogP contribution in [0, 0.1) is 0 Å². The second-order valence-electron chi connectivity index (χ2n) is 8.03. The van der Waals surface area contributed by atoms with Crippen molar-refractivity contribution in [3.05, 3.63) is 83.5 Å². The van der Waals surface area contributed by atoms with Gasteiger partial charge in [0.05, 0.1) is 40.1 Å². The molecule has 36 heavy (non-hydrogen) atoms. The molecule has 2 aliphatic heterocycles. The summed E-state index contributed by atoms with van der Waals surface area (Å²) >= 11 is 7.67. The first kappa shape index (κ1) is 24.1. The molecular weight excluding hydrogens is 504 g/mol. The van der Waals surface area contributed by atoms with Crippen LogP contribution in [0.1, 0.15) is 37.9 Å². The summed E-state index contributed by atoms with van der Waals surface area (Å²) in [6, 6.07) is 10.0. The third-order valence-electron chi connectivity index (χ3n) is 5.80. The van der Waals surface area contributed by atoms with E-state index < -0.39 is 12.0 Å². The van der Waals surface area contributed by atoms with Crippen molar-refractivity contribution < 1.29 is 23.7 Å². The van der Waals surface area contributed by atoms with Crippen molar-refractivity contribution in [3.8, 4) is 17.2 Å². The van der Waals surface area contributed by atoms with Crippen LogP contribution in [0.2, 0.25) is 5.02 Å². The van der Waals surface area contributed by atoms with Crippen LogP contribution in [0.15, 0.2) is 57.5 Å². The first-order valence-corrected chi connectivity index (χ1v) is 12.6. The Bertz CT molecular complexity index is 1550. The molecule has 3 heterocycles. The van der Waals surface area contributed by atoms with E-state index in [1.165, 1.54) is 15.9 Å². The number of fused-ring (bicyclic) bond motifs is 2. The molecule has 3 aromatic rings. The van der Waals surface area contributed by atoms with Gasteiger partial charge < -0.3 is 18.9 Å². The Labute approximate surface area is 215 Å². The Kier molecular flexibility index (Phi) is 6.59. The predicted octanol–water partition coefficient (Wildman–Crippen LogP) is 3.58. The molecule has 1 unspecified atom stereocenters. The van der Waals surface area contributed by atoms with Crippen molar-refractivity contribution in [2.75, 3.05) is 20.0 Å². The lowest BCUT2D eigenvalue weighted by Crippen LogP contribution is -2.39. The van der Waals surface area contributed by atoms with Crippen molar-refractivity contribution >= 4 is 35.0 Å². The zero-order valence-electron chi connectivity index (χ0n) is 19.9. The van der Waals surface area contributed by atoms with E-state index >= 15 is 0 Å². The summed E-state index contributed by atoms with van der Waals surface area (Å²) in [5, 5.41) is 0.427. The maximum absolute atomic E-state index is 13.7. The highest BCUT2D eigenvalue weighted by Crippen LogP contribution is 2.37. The quantitative estimate of drug-likeness (QED) is 0.456. The molecule has 0 N–H and O–H groups in total. The van der Waals surface area contributed by atoms with E-state index in [-0.39, 0.29) is 19.0 Å². The summed E-state index contributed by atoms with van der Waals surface area (Å²) in [6.07, 6.45) is 1.70. The molecule has 2 aliphatic rings. The van der Waals surface area contributed by atoms with E-state index in [1.807, 2.05) is 31.2 Å². The Balaban J connectivity index is 1.68. The minimum absolute atomic E-state index is 0.120. The number of carbonyl (C=O) groups is 1. The van der Waals surface area contributed by atoms with Crippen LogP contribution in [0.25, 0.3) is 6.08 Å². The number of aromatic nitrogens is 1. The van der Waals surface area contributed by atoms with E-state index in [9.17, 15) is 9.59 Å². The number of rotatable bonds is 6. The molecule has 0 saturated heterocycles. The SMILES string of the molecule is CCOC(=O)C1=C(C)N=c2sc(=Cc3cc4c(cc3Cl)OCO4)c(=O)n2C1c1ccc(OCC)cc1. The average molecular weight is 527 g/mol. The van der Waals surface area contributed by atoms with E-state index in [2.05, 4.69) is 4.99 Å². The first-order valence-electron chi connectivity index (χ1n) is 11.4. The number of nitrogens with zero attached hydrogens (tertiary/aromatic N) is 2. The van der Waals surface area contributed by atoms with Gasteiger partial charge in [-0.2, -0.15) is 0 Å². The topological polar surface area (TPSA) is 88.4 Å². The lowest BCUT2D eigenvalue weighted by atomic mass is 9.96. The summed E-state index contributed by atoms with van der Waals surface area (Å²) in [6.45, 7) is 6.26. The van der Waals surface area contributed by atoms with E-state index in [0.717, 1.165) is 5.56 Å². The number of carbonyl (C=O) groups excluding carboxylic acids is 1. The molecule has 1 atom stereocenters. The number of benzene rings is 2. The van der Waals surface area contributed by atoms with E-state index in [4.69, 9.17) is 30.5 Å². The molecule has 0 fully saturated rings. The normalized spacial score (nSPS) is 16.6. The van der Waals surface area contributed by atoms with Gasteiger partial charge in [0.2, 0.25) is 6.79 Å². The van der Waals surface area contributed by atoms with Crippen LogP contribution >= 0.6 is 22.9 Å². The van der Waals surface area contributed by atoms with Gasteiger partial charge in [0.1, 0.15) is 5.75 Å². The third kappa shape index (κ3) is 4.29. The molecule has 0 saturated carbocycles. The number of hydrogen-bond acceptors (Lipinski definition) is 8.